The molecule has 5 nitrogen and oxygen atoms in total. The molecule has 0 aliphatic heterocycles. The summed E-state index contributed by atoms with van der Waals surface area (Å²) in [6, 6.07) is 12.9. The van der Waals surface area contributed by atoms with Crippen LogP contribution in [0.4, 0.5) is 11.4 Å². The Labute approximate surface area is 142 Å². The van der Waals surface area contributed by atoms with Crippen LogP contribution in [0.15, 0.2) is 42.5 Å². The van der Waals surface area contributed by atoms with E-state index in [9.17, 15) is 9.59 Å². The van der Waals surface area contributed by atoms with Crippen molar-refractivity contribution in [1.82, 2.24) is 0 Å². The number of nitrogens with one attached hydrogen (secondary N) is 1. The van der Waals surface area contributed by atoms with Gasteiger partial charge in [-0.2, -0.15) is 0 Å². The van der Waals surface area contributed by atoms with Crippen molar-refractivity contribution in [2.24, 2.45) is 0 Å². The molecule has 0 aliphatic carbocycles. The number of hydrogen-bond donors (Lipinski definition) is 1. The Balaban J connectivity index is 2.22. The van der Waals surface area contributed by atoms with E-state index in [-0.39, 0.29) is 18.4 Å². The maximum atomic E-state index is 12.5. The van der Waals surface area contributed by atoms with Crippen LogP contribution < -0.4 is 15.0 Å². The van der Waals surface area contributed by atoms with Gasteiger partial charge in [-0.25, -0.2) is 0 Å². The van der Waals surface area contributed by atoms with Crippen LogP contribution >= 0.6 is 0 Å². The second-order valence-electron chi connectivity index (χ2n) is 5.59. The van der Waals surface area contributed by atoms with Gasteiger partial charge in [0.2, 0.25) is 11.8 Å². The van der Waals surface area contributed by atoms with Crippen LogP contribution in [0.2, 0.25) is 0 Å². The Morgan fingerprint density at radius 2 is 1.67 bits per heavy atom. The highest BCUT2D eigenvalue weighted by Crippen LogP contribution is 2.28. The van der Waals surface area contributed by atoms with E-state index in [4.69, 9.17) is 4.74 Å². The second-order valence-corrected chi connectivity index (χ2v) is 5.59. The summed E-state index contributed by atoms with van der Waals surface area (Å²) >= 11 is 0. The van der Waals surface area contributed by atoms with E-state index >= 15 is 0 Å². The average molecular weight is 326 g/mol. The highest BCUT2D eigenvalue weighted by molar-refractivity contribution is 6.03. The lowest BCUT2D eigenvalue weighted by Gasteiger charge is -2.23. The zero-order chi connectivity index (χ0) is 17.7. The van der Waals surface area contributed by atoms with Crippen molar-refractivity contribution in [3.63, 3.8) is 0 Å². The van der Waals surface area contributed by atoms with Crippen LogP contribution in [0.25, 0.3) is 0 Å². The highest BCUT2D eigenvalue weighted by atomic mass is 16.5. The summed E-state index contributed by atoms with van der Waals surface area (Å²) in [5, 5.41) is 2.90. The molecule has 24 heavy (non-hydrogen) atoms. The van der Waals surface area contributed by atoms with Gasteiger partial charge in [-0.05, 0) is 37.1 Å². The van der Waals surface area contributed by atoms with Gasteiger partial charge in [0.15, 0.2) is 0 Å². The van der Waals surface area contributed by atoms with Crippen molar-refractivity contribution >= 4 is 23.2 Å². The fourth-order valence-corrected chi connectivity index (χ4v) is 2.55. The average Bonchev–Trinajstić information content (AvgIpc) is 2.56. The first-order valence-electron chi connectivity index (χ1n) is 7.71. The number of anilines is 2. The van der Waals surface area contributed by atoms with E-state index in [0.29, 0.717) is 11.4 Å². The van der Waals surface area contributed by atoms with Gasteiger partial charge in [0.25, 0.3) is 0 Å². The Bertz CT molecular complexity index is 736. The van der Waals surface area contributed by atoms with E-state index < -0.39 is 0 Å². The molecule has 0 fully saturated rings. The van der Waals surface area contributed by atoms with Gasteiger partial charge in [-0.3, -0.25) is 14.5 Å². The minimum absolute atomic E-state index is 0.0799. The predicted octanol–water partition coefficient (Wildman–Crippen LogP) is 3.30. The maximum absolute atomic E-state index is 12.5. The first kappa shape index (κ1) is 17.5. The molecule has 0 saturated heterocycles. The van der Waals surface area contributed by atoms with Crippen molar-refractivity contribution in [3.05, 3.63) is 53.6 Å². The van der Waals surface area contributed by atoms with E-state index in [1.54, 1.807) is 18.2 Å². The first-order valence-corrected chi connectivity index (χ1v) is 7.71. The maximum Gasteiger partial charge on any atom is 0.244 e. The van der Waals surface area contributed by atoms with Crippen molar-refractivity contribution in [3.8, 4) is 5.75 Å². The quantitative estimate of drug-likeness (QED) is 0.917. The van der Waals surface area contributed by atoms with Gasteiger partial charge in [-0.15, -0.1) is 0 Å². The molecule has 2 rings (SSSR count). The molecule has 2 aromatic carbocycles. The molecule has 126 valence electrons. The zero-order valence-corrected chi connectivity index (χ0v) is 14.4. The summed E-state index contributed by atoms with van der Waals surface area (Å²) in [5.41, 5.74) is 3.32. The van der Waals surface area contributed by atoms with Crippen LogP contribution in [0.1, 0.15) is 18.1 Å². The Hall–Kier alpha value is -2.82. The Morgan fingerprint density at radius 3 is 2.25 bits per heavy atom. The van der Waals surface area contributed by atoms with Crippen LogP contribution in [0, 0.1) is 13.8 Å². The normalized spacial score (nSPS) is 10.2. The molecule has 0 saturated carbocycles. The molecule has 1 N–H and O–H groups in total. The third-order valence-electron chi connectivity index (χ3n) is 3.80. The summed E-state index contributed by atoms with van der Waals surface area (Å²) in [6.45, 7) is 5.22. The van der Waals surface area contributed by atoms with Crippen LogP contribution in [-0.2, 0) is 9.59 Å². The fraction of sp³-hybridized carbons (Fsp3) is 0.263. The van der Waals surface area contributed by atoms with E-state index in [2.05, 4.69) is 5.32 Å². The summed E-state index contributed by atoms with van der Waals surface area (Å²) in [4.78, 5) is 25.9. The van der Waals surface area contributed by atoms with Gasteiger partial charge in [0, 0.05) is 12.6 Å². The number of carbonyl (C=O) groups is 2. The van der Waals surface area contributed by atoms with E-state index in [1.165, 1.54) is 18.9 Å². The van der Waals surface area contributed by atoms with Crippen molar-refractivity contribution in [1.29, 1.82) is 0 Å². The van der Waals surface area contributed by atoms with Crippen molar-refractivity contribution < 1.29 is 14.3 Å². The molecule has 2 amide bonds. The molecule has 0 unspecified atom stereocenters. The van der Waals surface area contributed by atoms with Gasteiger partial charge in [-0.1, -0.05) is 30.3 Å². The number of carbonyl (C=O) groups excluding carboxylic acids is 2. The van der Waals surface area contributed by atoms with Gasteiger partial charge in [0.1, 0.15) is 12.3 Å². The third kappa shape index (κ3) is 3.93. The topological polar surface area (TPSA) is 58.6 Å². The number of para-hydroxylation sites is 3. The molecule has 0 atom stereocenters. The lowest BCUT2D eigenvalue weighted by Crippen LogP contribution is -2.37. The van der Waals surface area contributed by atoms with Crippen LogP contribution in [0.5, 0.6) is 5.75 Å². The number of ether oxygens (including phenoxy) is 1. The number of hydrogen-bond acceptors (Lipinski definition) is 3. The zero-order valence-electron chi connectivity index (χ0n) is 14.4. The molecule has 0 bridgehead atoms. The Kier molecular flexibility index (Phi) is 5.58. The smallest absolute Gasteiger partial charge is 0.244 e. The van der Waals surface area contributed by atoms with Gasteiger partial charge >= 0.3 is 0 Å². The van der Waals surface area contributed by atoms with Crippen LogP contribution in [0.3, 0.4) is 0 Å². The number of benzene rings is 2. The molecule has 0 radical (unpaired) electrons. The largest absolute Gasteiger partial charge is 0.495 e. The van der Waals surface area contributed by atoms with E-state index in [1.807, 2.05) is 38.1 Å². The molecule has 0 spiro atoms. The standard InChI is InChI=1S/C19H22N2O3/c1-13-8-7-9-14(2)19(13)20-18(23)12-21(15(3)22)16-10-5-6-11-17(16)24-4/h5-11H,12H2,1-4H3,(H,20,23). The Morgan fingerprint density at radius 1 is 1.04 bits per heavy atom. The molecule has 0 aromatic heterocycles. The van der Waals surface area contributed by atoms with Gasteiger partial charge in [0.05, 0.1) is 12.8 Å². The molecular formula is C19H22N2O3. The molecule has 0 heterocycles. The number of methoxy groups -OCH3 is 1. The molecular weight excluding hydrogens is 304 g/mol. The van der Waals surface area contributed by atoms with Crippen LogP contribution in [-0.4, -0.2) is 25.5 Å². The molecule has 0 aliphatic rings. The minimum Gasteiger partial charge on any atom is -0.495 e. The number of nitrogens with zero attached hydrogens (tertiary/aromatic N) is 1. The molecule has 2 aromatic rings. The number of amides is 2. The first-order chi connectivity index (χ1) is 11.4. The van der Waals surface area contributed by atoms with Crippen molar-refractivity contribution in [2.75, 3.05) is 23.9 Å². The van der Waals surface area contributed by atoms with Gasteiger partial charge < -0.3 is 10.1 Å². The highest BCUT2D eigenvalue weighted by Gasteiger charge is 2.19. The third-order valence-corrected chi connectivity index (χ3v) is 3.80. The molecule has 5 heteroatoms. The summed E-state index contributed by atoms with van der Waals surface area (Å²) in [6.07, 6.45) is 0. The fourth-order valence-electron chi connectivity index (χ4n) is 2.55. The monoisotopic (exact) mass is 326 g/mol. The number of aryl methyl sites for hydroxylation is 2. The lowest BCUT2D eigenvalue weighted by atomic mass is 10.1. The minimum atomic E-state index is -0.256. The summed E-state index contributed by atoms with van der Waals surface area (Å²) in [7, 11) is 1.54. The lowest BCUT2D eigenvalue weighted by molar-refractivity contribution is -0.120. The summed E-state index contributed by atoms with van der Waals surface area (Å²) in [5.74, 6) is 0.0669. The predicted molar refractivity (Wildman–Crippen MR) is 95.6 cm³/mol. The van der Waals surface area contributed by atoms with E-state index in [0.717, 1.165) is 16.8 Å². The second kappa shape index (κ2) is 7.64. The SMILES string of the molecule is COc1ccccc1N(CC(=O)Nc1c(C)cccc1C)C(C)=O. The number of rotatable bonds is 5. The van der Waals surface area contributed by atoms with Crippen molar-refractivity contribution in [2.45, 2.75) is 20.8 Å². The summed E-state index contributed by atoms with van der Waals surface area (Å²) < 4.78 is 5.29.